The van der Waals surface area contributed by atoms with Crippen LogP contribution in [0.3, 0.4) is 0 Å². The van der Waals surface area contributed by atoms with Crippen LogP contribution in [0.15, 0.2) is 4.52 Å². The summed E-state index contributed by atoms with van der Waals surface area (Å²) in [5, 5.41) is 7.63. The summed E-state index contributed by atoms with van der Waals surface area (Å²) in [6, 6.07) is 0.462. The minimum Gasteiger partial charge on any atom is -0.381 e. The summed E-state index contributed by atoms with van der Waals surface area (Å²) in [7, 11) is 0. The number of nitrogens with zero attached hydrogens (tertiary/aromatic N) is 2. The summed E-state index contributed by atoms with van der Waals surface area (Å²) in [6.07, 6.45) is 3.33. The average Bonchev–Trinajstić information content (AvgIpc) is 3.06. The topological polar surface area (TPSA) is 69.4 Å². The van der Waals surface area contributed by atoms with Crippen LogP contribution in [0, 0.1) is 12.8 Å². The third kappa shape index (κ3) is 3.02. The molecule has 3 rings (SSSR count). The van der Waals surface area contributed by atoms with Crippen molar-refractivity contribution < 1.29 is 14.0 Å². The number of rotatable bonds is 4. The van der Waals surface area contributed by atoms with Gasteiger partial charge in [0.1, 0.15) is 0 Å². The number of nitrogens with one attached hydrogen (secondary N) is 1. The summed E-state index contributed by atoms with van der Waals surface area (Å²) in [5.41, 5.74) is 0. The number of hydrogen-bond acceptors (Lipinski definition) is 6. The highest BCUT2D eigenvalue weighted by Crippen LogP contribution is 2.31. The van der Waals surface area contributed by atoms with Gasteiger partial charge in [0.2, 0.25) is 5.89 Å². The van der Waals surface area contributed by atoms with E-state index in [1.54, 1.807) is 0 Å². The molecule has 1 N–H and O–H groups in total. The minimum absolute atomic E-state index is 0.106. The molecule has 1 aromatic rings. The fraction of sp³-hybridized carbons (Fsp3) is 0.857. The lowest BCUT2D eigenvalue weighted by molar-refractivity contribution is 0.0432. The molecule has 112 valence electrons. The molecule has 0 saturated carbocycles. The SMILES string of the molecule is Cc1noc([C@H](N[C@@H]2CCO[C@H]2C)C2CCOCC2)n1. The Morgan fingerprint density at radius 1 is 1.20 bits per heavy atom. The van der Waals surface area contributed by atoms with Gasteiger partial charge >= 0.3 is 0 Å². The van der Waals surface area contributed by atoms with Crippen molar-refractivity contribution in [2.45, 2.75) is 51.3 Å². The van der Waals surface area contributed by atoms with Crippen LogP contribution < -0.4 is 5.32 Å². The molecule has 2 aliphatic rings. The monoisotopic (exact) mass is 281 g/mol. The molecule has 0 amide bonds. The van der Waals surface area contributed by atoms with E-state index in [1.165, 1.54) is 0 Å². The molecule has 3 heterocycles. The van der Waals surface area contributed by atoms with Crippen LogP contribution in [0.25, 0.3) is 0 Å². The zero-order valence-electron chi connectivity index (χ0n) is 12.2. The van der Waals surface area contributed by atoms with E-state index in [2.05, 4.69) is 22.4 Å². The van der Waals surface area contributed by atoms with E-state index < -0.39 is 0 Å². The van der Waals surface area contributed by atoms with Crippen LogP contribution in [0.5, 0.6) is 0 Å². The van der Waals surface area contributed by atoms with Gasteiger partial charge in [0.25, 0.3) is 0 Å². The Morgan fingerprint density at radius 2 is 2.00 bits per heavy atom. The van der Waals surface area contributed by atoms with Crippen molar-refractivity contribution in [1.82, 2.24) is 15.5 Å². The average molecular weight is 281 g/mol. The van der Waals surface area contributed by atoms with E-state index in [1.807, 2.05) is 6.92 Å². The molecule has 0 unspecified atom stereocenters. The van der Waals surface area contributed by atoms with Gasteiger partial charge in [-0.05, 0) is 39.0 Å². The zero-order valence-corrected chi connectivity index (χ0v) is 12.2. The predicted octanol–water partition coefficient (Wildman–Crippen LogP) is 1.61. The Bertz CT molecular complexity index is 431. The molecular formula is C14H23N3O3. The molecule has 6 nitrogen and oxygen atoms in total. The molecule has 2 saturated heterocycles. The van der Waals surface area contributed by atoms with Crippen molar-refractivity contribution >= 4 is 0 Å². The van der Waals surface area contributed by atoms with Gasteiger partial charge in [0, 0.05) is 25.9 Å². The second-order valence-corrected chi connectivity index (χ2v) is 5.75. The van der Waals surface area contributed by atoms with E-state index in [0.29, 0.717) is 23.7 Å². The first-order valence-electron chi connectivity index (χ1n) is 7.49. The van der Waals surface area contributed by atoms with Gasteiger partial charge in [-0.3, -0.25) is 0 Å². The highest BCUT2D eigenvalue weighted by atomic mass is 16.5. The first-order valence-corrected chi connectivity index (χ1v) is 7.49. The Labute approximate surface area is 119 Å². The van der Waals surface area contributed by atoms with Crippen LogP contribution in [0.2, 0.25) is 0 Å². The quantitative estimate of drug-likeness (QED) is 0.904. The van der Waals surface area contributed by atoms with Crippen LogP contribution >= 0.6 is 0 Å². The lowest BCUT2D eigenvalue weighted by atomic mass is 9.90. The van der Waals surface area contributed by atoms with E-state index in [9.17, 15) is 0 Å². The second-order valence-electron chi connectivity index (χ2n) is 5.75. The molecule has 0 radical (unpaired) electrons. The normalized spacial score (nSPS) is 29.7. The summed E-state index contributed by atoms with van der Waals surface area (Å²) in [5.74, 6) is 1.87. The van der Waals surface area contributed by atoms with E-state index in [0.717, 1.165) is 39.1 Å². The Kier molecular flexibility index (Phi) is 4.33. The van der Waals surface area contributed by atoms with Gasteiger partial charge in [0.05, 0.1) is 12.1 Å². The first-order chi connectivity index (χ1) is 9.74. The van der Waals surface area contributed by atoms with Crippen LogP contribution in [0.4, 0.5) is 0 Å². The van der Waals surface area contributed by atoms with Crippen molar-refractivity contribution in [2.75, 3.05) is 19.8 Å². The summed E-state index contributed by atoms with van der Waals surface area (Å²) < 4.78 is 16.5. The van der Waals surface area contributed by atoms with Crippen molar-refractivity contribution in [3.8, 4) is 0 Å². The van der Waals surface area contributed by atoms with E-state index in [4.69, 9.17) is 14.0 Å². The Balaban J connectivity index is 1.75. The van der Waals surface area contributed by atoms with E-state index >= 15 is 0 Å². The lowest BCUT2D eigenvalue weighted by Crippen LogP contribution is -2.42. The highest BCUT2D eigenvalue weighted by Gasteiger charge is 2.34. The summed E-state index contributed by atoms with van der Waals surface area (Å²) in [6.45, 7) is 6.42. The maximum absolute atomic E-state index is 5.64. The maximum atomic E-state index is 5.64. The zero-order chi connectivity index (χ0) is 13.9. The fourth-order valence-corrected chi connectivity index (χ4v) is 3.08. The van der Waals surface area contributed by atoms with Gasteiger partial charge in [-0.25, -0.2) is 0 Å². The number of aromatic nitrogens is 2. The molecule has 2 aliphatic heterocycles. The summed E-state index contributed by atoms with van der Waals surface area (Å²) >= 11 is 0. The molecular weight excluding hydrogens is 258 g/mol. The van der Waals surface area contributed by atoms with Gasteiger partial charge < -0.3 is 19.3 Å². The largest absolute Gasteiger partial charge is 0.381 e. The van der Waals surface area contributed by atoms with Gasteiger partial charge in [-0.1, -0.05) is 5.16 Å². The molecule has 0 aromatic carbocycles. The predicted molar refractivity (Wildman–Crippen MR) is 72.3 cm³/mol. The lowest BCUT2D eigenvalue weighted by Gasteiger charge is -2.31. The van der Waals surface area contributed by atoms with E-state index in [-0.39, 0.29) is 12.1 Å². The van der Waals surface area contributed by atoms with Crippen LogP contribution in [0.1, 0.15) is 43.9 Å². The highest BCUT2D eigenvalue weighted by molar-refractivity contribution is 4.98. The smallest absolute Gasteiger partial charge is 0.244 e. The van der Waals surface area contributed by atoms with Crippen LogP contribution in [-0.4, -0.2) is 42.1 Å². The van der Waals surface area contributed by atoms with Gasteiger partial charge in [0.15, 0.2) is 5.82 Å². The van der Waals surface area contributed by atoms with Crippen molar-refractivity contribution in [2.24, 2.45) is 5.92 Å². The molecule has 0 aliphatic carbocycles. The molecule has 20 heavy (non-hydrogen) atoms. The molecule has 0 bridgehead atoms. The third-order valence-electron chi connectivity index (χ3n) is 4.32. The van der Waals surface area contributed by atoms with Crippen LogP contribution in [-0.2, 0) is 9.47 Å². The standard InChI is InChI=1S/C14H23N3O3/c1-9-12(5-8-19-9)16-13(11-3-6-18-7-4-11)14-15-10(2)17-20-14/h9,11-13,16H,3-8H2,1-2H3/t9-,12+,13+/m0/s1. The fourth-order valence-electron chi connectivity index (χ4n) is 3.08. The van der Waals surface area contributed by atoms with Gasteiger partial charge in [-0.2, -0.15) is 4.98 Å². The van der Waals surface area contributed by atoms with Crippen molar-refractivity contribution in [1.29, 1.82) is 0 Å². The minimum atomic E-state index is 0.106. The number of hydrogen-bond donors (Lipinski definition) is 1. The van der Waals surface area contributed by atoms with Crippen molar-refractivity contribution in [3.63, 3.8) is 0 Å². The number of ether oxygens (including phenoxy) is 2. The Hall–Kier alpha value is -0.980. The number of aryl methyl sites for hydroxylation is 1. The summed E-state index contributed by atoms with van der Waals surface area (Å²) in [4.78, 5) is 4.43. The molecule has 2 fully saturated rings. The molecule has 0 spiro atoms. The second kappa shape index (κ2) is 6.20. The molecule has 3 atom stereocenters. The molecule has 1 aromatic heterocycles. The third-order valence-corrected chi connectivity index (χ3v) is 4.32. The molecule has 6 heteroatoms. The maximum Gasteiger partial charge on any atom is 0.244 e. The van der Waals surface area contributed by atoms with Crippen molar-refractivity contribution in [3.05, 3.63) is 11.7 Å². The first kappa shape index (κ1) is 14.0. The van der Waals surface area contributed by atoms with Gasteiger partial charge in [-0.15, -0.1) is 0 Å². The Morgan fingerprint density at radius 3 is 2.60 bits per heavy atom.